The van der Waals surface area contributed by atoms with E-state index in [9.17, 15) is 9.59 Å². The normalized spacial score (nSPS) is 14.1. The summed E-state index contributed by atoms with van der Waals surface area (Å²) >= 11 is 0. The minimum absolute atomic E-state index is 0.0282. The van der Waals surface area contributed by atoms with Crippen LogP contribution in [0, 0.1) is 0 Å². The number of carbonyl (C=O) groups excluding carboxylic acids is 2. The fraction of sp³-hybridized carbons (Fsp3) is 0.250. The van der Waals surface area contributed by atoms with Crippen LogP contribution in [0.4, 0.5) is 0 Å². The summed E-state index contributed by atoms with van der Waals surface area (Å²) in [5.41, 5.74) is 1.51. The van der Waals surface area contributed by atoms with Gasteiger partial charge in [0.25, 0.3) is 5.91 Å². The largest absolute Gasteiger partial charge is 0.451 e. The van der Waals surface area contributed by atoms with Gasteiger partial charge >= 0.3 is 0 Å². The molecule has 1 fully saturated rings. The van der Waals surface area contributed by atoms with E-state index in [0.717, 1.165) is 18.4 Å². The summed E-state index contributed by atoms with van der Waals surface area (Å²) in [6.45, 7) is 1.53. The van der Waals surface area contributed by atoms with Gasteiger partial charge in [-0.2, -0.15) is 0 Å². The average molecular weight is 269 g/mol. The summed E-state index contributed by atoms with van der Waals surface area (Å²) in [6, 6.07) is 10.9. The van der Waals surface area contributed by atoms with Crippen molar-refractivity contribution in [2.75, 3.05) is 0 Å². The zero-order valence-electron chi connectivity index (χ0n) is 11.2. The van der Waals surface area contributed by atoms with Gasteiger partial charge in [-0.05, 0) is 31.9 Å². The number of hydrogen-bond donors (Lipinski definition) is 1. The molecule has 0 saturated heterocycles. The minimum Gasteiger partial charge on any atom is -0.451 e. The van der Waals surface area contributed by atoms with Crippen LogP contribution < -0.4 is 5.32 Å². The summed E-state index contributed by atoms with van der Waals surface area (Å²) in [5, 5.41) is 2.88. The number of nitrogens with one attached hydrogen (secondary N) is 1. The predicted octanol–water partition coefficient (Wildman–Crippen LogP) is 3.04. The second-order valence-electron chi connectivity index (χ2n) is 5.05. The van der Waals surface area contributed by atoms with Crippen molar-refractivity contribution in [3.63, 3.8) is 0 Å². The zero-order chi connectivity index (χ0) is 14.1. The molecular weight excluding hydrogens is 254 g/mol. The van der Waals surface area contributed by atoms with Crippen molar-refractivity contribution in [2.45, 2.75) is 25.8 Å². The highest BCUT2D eigenvalue weighted by atomic mass is 16.3. The molecule has 102 valence electrons. The van der Waals surface area contributed by atoms with Gasteiger partial charge in [0.2, 0.25) is 0 Å². The lowest BCUT2D eigenvalue weighted by Gasteiger charge is -2.00. The molecular formula is C16H15NO3. The number of carbonyl (C=O) groups is 2. The Bertz CT molecular complexity index is 651. The monoisotopic (exact) mass is 269 g/mol. The van der Waals surface area contributed by atoms with Crippen LogP contribution >= 0.6 is 0 Å². The summed E-state index contributed by atoms with van der Waals surface area (Å²) in [5.74, 6) is 0.809. The maximum absolute atomic E-state index is 11.8. The van der Waals surface area contributed by atoms with Crippen LogP contribution in [0.2, 0.25) is 0 Å². The van der Waals surface area contributed by atoms with Gasteiger partial charge in [-0.3, -0.25) is 9.59 Å². The number of amides is 1. The van der Waals surface area contributed by atoms with E-state index in [4.69, 9.17) is 4.42 Å². The number of Topliss-reactive ketones (excluding diaryl/α,β-unsaturated/α-hetero) is 1. The lowest BCUT2D eigenvalue weighted by atomic mass is 10.1. The Labute approximate surface area is 116 Å². The van der Waals surface area contributed by atoms with Crippen LogP contribution in [0.5, 0.6) is 0 Å². The smallest absolute Gasteiger partial charge is 0.287 e. The van der Waals surface area contributed by atoms with Gasteiger partial charge in [0.05, 0.1) is 0 Å². The third-order valence-electron chi connectivity index (χ3n) is 3.32. The van der Waals surface area contributed by atoms with Gasteiger partial charge in [0.15, 0.2) is 11.5 Å². The number of ketones is 1. The first kappa shape index (κ1) is 12.7. The Kier molecular flexibility index (Phi) is 3.14. The van der Waals surface area contributed by atoms with Crippen molar-refractivity contribution < 1.29 is 14.0 Å². The molecule has 1 aromatic heterocycles. The molecule has 1 N–H and O–H groups in total. The number of rotatable bonds is 4. The summed E-state index contributed by atoms with van der Waals surface area (Å²) in [6.07, 6.45) is 2.09. The standard InChI is InChI=1S/C16H15NO3/c1-10(18)11-2-4-12(5-3-11)14-8-9-15(20-14)16(19)17-13-6-7-13/h2-5,8-9,13H,6-7H2,1H3,(H,17,19). The Morgan fingerprint density at radius 2 is 1.80 bits per heavy atom. The second-order valence-corrected chi connectivity index (χ2v) is 5.05. The van der Waals surface area contributed by atoms with Crippen molar-refractivity contribution in [2.24, 2.45) is 0 Å². The van der Waals surface area contributed by atoms with Gasteiger partial charge in [0.1, 0.15) is 5.76 Å². The van der Waals surface area contributed by atoms with E-state index in [0.29, 0.717) is 23.1 Å². The molecule has 4 heteroatoms. The first-order chi connectivity index (χ1) is 9.63. The molecule has 0 bridgehead atoms. The number of benzene rings is 1. The molecule has 20 heavy (non-hydrogen) atoms. The fourth-order valence-corrected chi connectivity index (χ4v) is 1.97. The highest BCUT2D eigenvalue weighted by Gasteiger charge is 2.25. The summed E-state index contributed by atoms with van der Waals surface area (Å²) in [7, 11) is 0. The Hall–Kier alpha value is -2.36. The molecule has 1 amide bonds. The molecule has 1 heterocycles. The van der Waals surface area contributed by atoms with E-state index in [1.165, 1.54) is 6.92 Å². The molecule has 0 atom stereocenters. The van der Waals surface area contributed by atoms with Crippen LogP contribution in [-0.2, 0) is 0 Å². The summed E-state index contributed by atoms with van der Waals surface area (Å²) in [4.78, 5) is 23.1. The van der Waals surface area contributed by atoms with Crippen LogP contribution in [0.15, 0.2) is 40.8 Å². The quantitative estimate of drug-likeness (QED) is 0.868. The van der Waals surface area contributed by atoms with E-state index in [1.807, 2.05) is 12.1 Å². The van der Waals surface area contributed by atoms with Crippen LogP contribution in [0.1, 0.15) is 40.7 Å². The highest BCUT2D eigenvalue weighted by molar-refractivity contribution is 5.94. The van der Waals surface area contributed by atoms with Gasteiger partial charge < -0.3 is 9.73 Å². The zero-order valence-corrected chi connectivity index (χ0v) is 11.2. The summed E-state index contributed by atoms with van der Waals surface area (Å²) < 4.78 is 5.56. The van der Waals surface area contributed by atoms with Crippen molar-refractivity contribution in [3.8, 4) is 11.3 Å². The van der Waals surface area contributed by atoms with Crippen molar-refractivity contribution in [1.82, 2.24) is 5.32 Å². The first-order valence-corrected chi connectivity index (χ1v) is 6.65. The Morgan fingerprint density at radius 1 is 1.10 bits per heavy atom. The number of hydrogen-bond acceptors (Lipinski definition) is 3. The lowest BCUT2D eigenvalue weighted by molar-refractivity contribution is 0.0923. The van der Waals surface area contributed by atoms with Gasteiger partial charge in [-0.15, -0.1) is 0 Å². The molecule has 0 radical (unpaired) electrons. The van der Waals surface area contributed by atoms with Crippen molar-refractivity contribution >= 4 is 11.7 Å². The average Bonchev–Trinajstić information content (AvgIpc) is 3.11. The molecule has 1 aliphatic carbocycles. The lowest BCUT2D eigenvalue weighted by Crippen LogP contribution is -2.24. The molecule has 1 aliphatic rings. The maximum Gasteiger partial charge on any atom is 0.287 e. The predicted molar refractivity (Wildman–Crippen MR) is 74.6 cm³/mol. The molecule has 0 spiro atoms. The highest BCUT2D eigenvalue weighted by Crippen LogP contribution is 2.24. The van der Waals surface area contributed by atoms with Crippen molar-refractivity contribution in [3.05, 3.63) is 47.7 Å². The van der Waals surface area contributed by atoms with E-state index in [-0.39, 0.29) is 11.7 Å². The van der Waals surface area contributed by atoms with Crippen LogP contribution in [0.25, 0.3) is 11.3 Å². The molecule has 0 unspecified atom stereocenters. The number of furan rings is 1. The maximum atomic E-state index is 11.8. The topological polar surface area (TPSA) is 59.3 Å². The Balaban J connectivity index is 1.78. The van der Waals surface area contributed by atoms with E-state index < -0.39 is 0 Å². The first-order valence-electron chi connectivity index (χ1n) is 6.65. The van der Waals surface area contributed by atoms with Gasteiger partial charge in [-0.1, -0.05) is 24.3 Å². The third kappa shape index (κ3) is 2.64. The molecule has 1 saturated carbocycles. The molecule has 4 nitrogen and oxygen atoms in total. The van der Waals surface area contributed by atoms with E-state index in [2.05, 4.69) is 5.32 Å². The van der Waals surface area contributed by atoms with Crippen LogP contribution in [-0.4, -0.2) is 17.7 Å². The van der Waals surface area contributed by atoms with Crippen molar-refractivity contribution in [1.29, 1.82) is 0 Å². The second kappa shape index (κ2) is 4.96. The molecule has 2 aromatic rings. The van der Waals surface area contributed by atoms with Gasteiger partial charge in [-0.25, -0.2) is 0 Å². The molecule has 1 aromatic carbocycles. The van der Waals surface area contributed by atoms with Gasteiger partial charge in [0, 0.05) is 17.2 Å². The van der Waals surface area contributed by atoms with E-state index in [1.54, 1.807) is 24.3 Å². The third-order valence-corrected chi connectivity index (χ3v) is 3.32. The van der Waals surface area contributed by atoms with E-state index >= 15 is 0 Å². The molecule has 0 aliphatic heterocycles. The minimum atomic E-state index is -0.167. The van der Waals surface area contributed by atoms with Crippen LogP contribution in [0.3, 0.4) is 0 Å². The molecule has 3 rings (SSSR count). The Morgan fingerprint density at radius 3 is 2.40 bits per heavy atom. The fourth-order valence-electron chi connectivity index (χ4n) is 1.97. The SMILES string of the molecule is CC(=O)c1ccc(-c2ccc(C(=O)NC3CC3)o2)cc1.